The number of carbonyl (C=O) groups excluding carboxylic acids is 1. The minimum Gasteiger partial charge on any atom is -0.497 e. The molecule has 1 fully saturated rings. The summed E-state index contributed by atoms with van der Waals surface area (Å²) in [6, 6.07) is 14.1. The van der Waals surface area contributed by atoms with Crippen LogP contribution < -0.4 is 14.8 Å². The fourth-order valence-electron chi connectivity index (χ4n) is 3.46. The highest BCUT2D eigenvalue weighted by molar-refractivity contribution is 5.80. The van der Waals surface area contributed by atoms with Crippen LogP contribution in [0.2, 0.25) is 0 Å². The van der Waals surface area contributed by atoms with Gasteiger partial charge in [-0.25, -0.2) is 4.39 Å². The molecule has 1 amide bonds. The molecule has 2 aromatic carbocycles. The van der Waals surface area contributed by atoms with Gasteiger partial charge in [-0.1, -0.05) is 24.3 Å². The maximum atomic E-state index is 13.7. The van der Waals surface area contributed by atoms with Gasteiger partial charge in [-0.05, 0) is 62.7 Å². The fourth-order valence-corrected chi connectivity index (χ4v) is 3.46. The second kappa shape index (κ2) is 9.55. The van der Waals surface area contributed by atoms with Crippen molar-refractivity contribution in [3.63, 3.8) is 0 Å². The Kier molecular flexibility index (Phi) is 6.87. The second-order valence-electron chi connectivity index (χ2n) is 6.97. The number of hydrogen-bond donors (Lipinski definition) is 1. The number of halogens is 1. The monoisotopic (exact) mass is 386 g/mol. The standard InChI is InChI=1S/C22H27FN2O3/c1-16(28-21-8-4-3-7-19(21)23)22(26)24-15-20(25-13-5-6-14-25)17-9-11-18(27-2)12-10-17/h3-4,7-12,16,20H,5-6,13-15H2,1-2H3,(H,24,26)/t16-,20-/m0/s1. The predicted octanol–water partition coefficient (Wildman–Crippen LogP) is 3.55. The zero-order valence-corrected chi connectivity index (χ0v) is 16.4. The molecule has 1 aliphatic rings. The quantitative estimate of drug-likeness (QED) is 0.754. The van der Waals surface area contributed by atoms with Gasteiger partial charge in [-0.2, -0.15) is 0 Å². The van der Waals surface area contributed by atoms with Crippen LogP contribution >= 0.6 is 0 Å². The summed E-state index contributed by atoms with van der Waals surface area (Å²) in [7, 11) is 1.64. The highest BCUT2D eigenvalue weighted by Crippen LogP contribution is 2.26. The van der Waals surface area contributed by atoms with Crippen LogP contribution in [0.3, 0.4) is 0 Å². The molecule has 0 radical (unpaired) electrons. The number of nitrogens with zero attached hydrogens (tertiary/aromatic N) is 1. The number of likely N-dealkylation sites (tertiary alicyclic amines) is 1. The molecule has 2 aromatic rings. The molecule has 1 aliphatic heterocycles. The van der Waals surface area contributed by atoms with E-state index in [9.17, 15) is 9.18 Å². The molecule has 5 nitrogen and oxygen atoms in total. The smallest absolute Gasteiger partial charge is 0.260 e. The number of para-hydroxylation sites is 1. The van der Waals surface area contributed by atoms with E-state index in [4.69, 9.17) is 9.47 Å². The van der Waals surface area contributed by atoms with Gasteiger partial charge in [0.05, 0.1) is 13.2 Å². The van der Waals surface area contributed by atoms with Crippen molar-refractivity contribution < 1.29 is 18.7 Å². The van der Waals surface area contributed by atoms with E-state index < -0.39 is 11.9 Å². The average Bonchev–Trinajstić information content (AvgIpc) is 3.24. The third-order valence-corrected chi connectivity index (χ3v) is 5.06. The van der Waals surface area contributed by atoms with Gasteiger partial charge in [0.1, 0.15) is 5.75 Å². The zero-order chi connectivity index (χ0) is 19.9. The highest BCUT2D eigenvalue weighted by atomic mass is 19.1. The lowest BCUT2D eigenvalue weighted by Gasteiger charge is -2.29. The summed E-state index contributed by atoms with van der Waals surface area (Å²) in [6.07, 6.45) is 1.54. The molecule has 0 aromatic heterocycles. The molecule has 28 heavy (non-hydrogen) atoms. The minimum atomic E-state index is -0.785. The Labute approximate surface area is 165 Å². The number of rotatable bonds is 8. The lowest BCUT2D eigenvalue weighted by atomic mass is 10.1. The highest BCUT2D eigenvalue weighted by Gasteiger charge is 2.25. The van der Waals surface area contributed by atoms with Gasteiger partial charge in [0, 0.05) is 6.54 Å². The van der Waals surface area contributed by atoms with Crippen molar-refractivity contribution in [2.75, 3.05) is 26.7 Å². The molecule has 1 saturated heterocycles. The van der Waals surface area contributed by atoms with Crippen LogP contribution in [0, 0.1) is 5.82 Å². The van der Waals surface area contributed by atoms with Crippen molar-refractivity contribution in [1.82, 2.24) is 10.2 Å². The van der Waals surface area contributed by atoms with Crippen molar-refractivity contribution in [2.24, 2.45) is 0 Å². The number of amides is 1. The number of nitrogens with one attached hydrogen (secondary N) is 1. The van der Waals surface area contributed by atoms with Gasteiger partial charge < -0.3 is 14.8 Å². The van der Waals surface area contributed by atoms with Gasteiger partial charge in [-0.3, -0.25) is 9.69 Å². The van der Waals surface area contributed by atoms with Crippen molar-refractivity contribution >= 4 is 5.91 Å². The average molecular weight is 386 g/mol. The van der Waals surface area contributed by atoms with E-state index in [1.54, 1.807) is 26.2 Å². The van der Waals surface area contributed by atoms with Crippen LogP contribution in [0.4, 0.5) is 4.39 Å². The summed E-state index contributed by atoms with van der Waals surface area (Å²) in [5, 5.41) is 2.97. The molecule has 0 bridgehead atoms. The minimum absolute atomic E-state index is 0.0800. The zero-order valence-electron chi connectivity index (χ0n) is 16.4. The van der Waals surface area contributed by atoms with Crippen molar-refractivity contribution in [1.29, 1.82) is 0 Å². The van der Waals surface area contributed by atoms with E-state index in [1.807, 2.05) is 24.3 Å². The predicted molar refractivity (Wildman–Crippen MR) is 106 cm³/mol. The van der Waals surface area contributed by atoms with E-state index in [-0.39, 0.29) is 17.7 Å². The molecule has 0 unspecified atom stereocenters. The molecule has 0 aliphatic carbocycles. The normalized spacial score (nSPS) is 16.4. The SMILES string of the molecule is COc1ccc([C@H](CNC(=O)[C@H](C)Oc2ccccc2F)N2CCCC2)cc1. The van der Waals surface area contributed by atoms with Gasteiger partial charge in [-0.15, -0.1) is 0 Å². The number of benzene rings is 2. The second-order valence-corrected chi connectivity index (χ2v) is 6.97. The summed E-state index contributed by atoms with van der Waals surface area (Å²) < 4.78 is 24.5. The van der Waals surface area contributed by atoms with E-state index in [2.05, 4.69) is 10.2 Å². The summed E-state index contributed by atoms with van der Waals surface area (Å²) in [4.78, 5) is 14.9. The van der Waals surface area contributed by atoms with E-state index in [0.29, 0.717) is 6.54 Å². The Morgan fingerprint density at radius 1 is 1.14 bits per heavy atom. The maximum Gasteiger partial charge on any atom is 0.260 e. The molecule has 0 saturated carbocycles. The Morgan fingerprint density at radius 3 is 2.46 bits per heavy atom. The van der Waals surface area contributed by atoms with Crippen LogP contribution in [0.5, 0.6) is 11.5 Å². The third kappa shape index (κ3) is 5.01. The first-order valence-electron chi connectivity index (χ1n) is 9.65. The van der Waals surface area contributed by atoms with E-state index in [0.717, 1.165) is 37.2 Å². The van der Waals surface area contributed by atoms with Crippen LogP contribution in [-0.4, -0.2) is 43.7 Å². The molecule has 0 spiro atoms. The van der Waals surface area contributed by atoms with Crippen LogP contribution in [0.1, 0.15) is 31.4 Å². The van der Waals surface area contributed by atoms with Crippen LogP contribution in [0.25, 0.3) is 0 Å². The Balaban J connectivity index is 1.63. The summed E-state index contributed by atoms with van der Waals surface area (Å²) in [5.41, 5.74) is 1.13. The molecule has 3 rings (SSSR count). The summed E-state index contributed by atoms with van der Waals surface area (Å²) in [5.74, 6) is 0.146. The van der Waals surface area contributed by atoms with Crippen molar-refractivity contribution in [3.8, 4) is 11.5 Å². The first kappa shape index (κ1) is 20.1. The number of hydrogen-bond acceptors (Lipinski definition) is 4. The van der Waals surface area contributed by atoms with Gasteiger partial charge in [0.15, 0.2) is 17.7 Å². The van der Waals surface area contributed by atoms with E-state index in [1.165, 1.54) is 12.1 Å². The summed E-state index contributed by atoms with van der Waals surface area (Å²) in [6.45, 7) is 4.11. The Bertz CT molecular complexity index is 776. The molecule has 2 atom stereocenters. The van der Waals surface area contributed by atoms with Gasteiger partial charge in [0.25, 0.3) is 5.91 Å². The summed E-state index contributed by atoms with van der Waals surface area (Å²) >= 11 is 0. The molecule has 1 N–H and O–H groups in total. The van der Waals surface area contributed by atoms with Gasteiger partial charge in [0.2, 0.25) is 0 Å². The number of methoxy groups -OCH3 is 1. The fraction of sp³-hybridized carbons (Fsp3) is 0.409. The van der Waals surface area contributed by atoms with E-state index >= 15 is 0 Å². The first-order valence-corrected chi connectivity index (χ1v) is 9.65. The Morgan fingerprint density at radius 2 is 1.82 bits per heavy atom. The van der Waals surface area contributed by atoms with Gasteiger partial charge >= 0.3 is 0 Å². The van der Waals surface area contributed by atoms with Crippen molar-refractivity contribution in [2.45, 2.75) is 31.9 Å². The molecule has 1 heterocycles. The third-order valence-electron chi connectivity index (χ3n) is 5.06. The van der Waals surface area contributed by atoms with Crippen LogP contribution in [0.15, 0.2) is 48.5 Å². The van der Waals surface area contributed by atoms with Crippen molar-refractivity contribution in [3.05, 3.63) is 59.9 Å². The number of carbonyl (C=O) groups is 1. The topological polar surface area (TPSA) is 50.8 Å². The number of ether oxygens (including phenoxy) is 2. The molecule has 6 heteroatoms. The molecular weight excluding hydrogens is 359 g/mol. The largest absolute Gasteiger partial charge is 0.497 e. The Hall–Kier alpha value is -2.60. The lowest BCUT2D eigenvalue weighted by molar-refractivity contribution is -0.127. The lowest BCUT2D eigenvalue weighted by Crippen LogP contribution is -2.42. The molecular formula is C22H27FN2O3. The first-order chi connectivity index (χ1) is 13.6. The maximum absolute atomic E-state index is 13.7. The van der Waals surface area contributed by atoms with Crippen LogP contribution in [-0.2, 0) is 4.79 Å². The molecule has 150 valence electrons.